The maximum Gasteiger partial charge on any atom is 0.0728 e. The normalized spacial score (nSPS) is 20.5. The van der Waals surface area contributed by atoms with E-state index in [2.05, 4.69) is 59.2 Å². The highest BCUT2D eigenvalue weighted by atomic mass is 79.9. The Morgan fingerprint density at radius 1 is 1.16 bits per heavy atom. The van der Waals surface area contributed by atoms with Gasteiger partial charge in [0.2, 0.25) is 0 Å². The standard InChI is InChI=1S/C16H24BrNO/c1-18(2)12-15(13-6-8-14(17)9-7-13)16(19)10-4-3-5-11-16/h6-9,15,19H,3-5,10-12H2,1-2H3/t15-/m0/s1. The highest BCUT2D eigenvalue weighted by Crippen LogP contribution is 2.40. The molecule has 1 atom stereocenters. The topological polar surface area (TPSA) is 23.5 Å². The minimum atomic E-state index is -0.531. The molecule has 106 valence electrons. The van der Waals surface area contributed by atoms with E-state index in [1.54, 1.807) is 0 Å². The van der Waals surface area contributed by atoms with Gasteiger partial charge in [0.1, 0.15) is 0 Å². The molecule has 0 saturated heterocycles. The van der Waals surface area contributed by atoms with Gasteiger partial charge in [0.25, 0.3) is 0 Å². The highest BCUT2D eigenvalue weighted by Gasteiger charge is 2.38. The van der Waals surface area contributed by atoms with E-state index in [9.17, 15) is 5.11 Å². The molecule has 0 bridgehead atoms. The van der Waals surface area contributed by atoms with Gasteiger partial charge in [-0.2, -0.15) is 0 Å². The number of halogens is 1. The van der Waals surface area contributed by atoms with Crippen LogP contribution in [0.2, 0.25) is 0 Å². The molecule has 2 nitrogen and oxygen atoms in total. The molecule has 0 amide bonds. The fourth-order valence-corrected chi connectivity index (χ4v) is 3.42. The van der Waals surface area contributed by atoms with Crippen LogP contribution in [-0.2, 0) is 0 Å². The third kappa shape index (κ3) is 3.80. The summed E-state index contributed by atoms with van der Waals surface area (Å²) in [4.78, 5) is 2.18. The maximum absolute atomic E-state index is 11.1. The Balaban J connectivity index is 2.26. The van der Waals surface area contributed by atoms with Gasteiger partial charge in [0.15, 0.2) is 0 Å². The van der Waals surface area contributed by atoms with Gasteiger partial charge in [-0.15, -0.1) is 0 Å². The van der Waals surface area contributed by atoms with Crippen LogP contribution in [0.1, 0.15) is 43.6 Å². The van der Waals surface area contributed by atoms with Crippen LogP contribution in [0, 0.1) is 0 Å². The Morgan fingerprint density at radius 2 is 1.74 bits per heavy atom. The summed E-state index contributed by atoms with van der Waals surface area (Å²) in [7, 11) is 4.16. The van der Waals surface area contributed by atoms with Crippen molar-refractivity contribution in [2.45, 2.75) is 43.6 Å². The Kier molecular flexibility index (Phi) is 5.04. The van der Waals surface area contributed by atoms with Crippen molar-refractivity contribution in [1.29, 1.82) is 0 Å². The molecule has 2 rings (SSSR count). The molecule has 0 aromatic heterocycles. The van der Waals surface area contributed by atoms with Gasteiger partial charge in [-0.1, -0.05) is 47.3 Å². The lowest BCUT2D eigenvalue weighted by atomic mass is 9.72. The molecule has 19 heavy (non-hydrogen) atoms. The van der Waals surface area contributed by atoms with Gasteiger partial charge in [-0.05, 0) is 44.6 Å². The van der Waals surface area contributed by atoms with Crippen molar-refractivity contribution < 1.29 is 5.11 Å². The molecule has 3 heteroatoms. The molecule has 1 aromatic carbocycles. The molecular weight excluding hydrogens is 302 g/mol. The summed E-state index contributed by atoms with van der Waals surface area (Å²) in [5.41, 5.74) is 0.720. The van der Waals surface area contributed by atoms with Gasteiger partial charge in [-0.3, -0.25) is 0 Å². The largest absolute Gasteiger partial charge is 0.389 e. The summed E-state index contributed by atoms with van der Waals surface area (Å²) in [5, 5.41) is 11.1. The third-order valence-corrected chi connectivity index (χ3v) is 4.72. The van der Waals surface area contributed by atoms with Crippen molar-refractivity contribution >= 4 is 15.9 Å². The summed E-state index contributed by atoms with van der Waals surface area (Å²) in [6.07, 6.45) is 5.42. The van der Waals surface area contributed by atoms with Crippen LogP contribution >= 0.6 is 15.9 Å². The summed E-state index contributed by atoms with van der Waals surface area (Å²) >= 11 is 3.48. The molecule has 1 aliphatic carbocycles. The zero-order valence-corrected chi connectivity index (χ0v) is 13.5. The smallest absolute Gasteiger partial charge is 0.0728 e. The number of nitrogens with zero attached hydrogens (tertiary/aromatic N) is 1. The summed E-state index contributed by atoms with van der Waals surface area (Å²) in [5.74, 6) is 0.205. The van der Waals surface area contributed by atoms with Crippen molar-refractivity contribution in [3.8, 4) is 0 Å². The Labute approximate surface area is 124 Å². The molecule has 1 N–H and O–H groups in total. The van der Waals surface area contributed by atoms with E-state index in [1.165, 1.54) is 12.0 Å². The van der Waals surface area contributed by atoms with Crippen molar-refractivity contribution in [2.75, 3.05) is 20.6 Å². The summed E-state index contributed by atoms with van der Waals surface area (Å²) in [6.45, 7) is 0.901. The van der Waals surface area contributed by atoms with Crippen LogP contribution in [0.3, 0.4) is 0 Å². The molecule has 0 spiro atoms. The first kappa shape index (κ1) is 15.0. The lowest BCUT2D eigenvalue weighted by molar-refractivity contribution is -0.0277. The quantitative estimate of drug-likeness (QED) is 0.910. The van der Waals surface area contributed by atoms with E-state index < -0.39 is 5.60 Å². The van der Waals surface area contributed by atoms with Gasteiger partial charge in [-0.25, -0.2) is 0 Å². The second-order valence-corrected chi connectivity index (χ2v) is 6.95. The van der Waals surface area contributed by atoms with Gasteiger partial charge < -0.3 is 10.0 Å². The van der Waals surface area contributed by atoms with E-state index in [4.69, 9.17) is 0 Å². The van der Waals surface area contributed by atoms with Gasteiger partial charge in [0, 0.05) is 16.9 Å². The molecule has 1 aliphatic rings. The second kappa shape index (κ2) is 6.38. The van der Waals surface area contributed by atoms with E-state index in [0.29, 0.717) is 0 Å². The van der Waals surface area contributed by atoms with Gasteiger partial charge in [0.05, 0.1) is 5.60 Å². The minimum Gasteiger partial charge on any atom is -0.389 e. The van der Waals surface area contributed by atoms with Crippen molar-refractivity contribution in [1.82, 2.24) is 4.90 Å². The number of likely N-dealkylation sites (N-methyl/N-ethyl adjacent to an activating group) is 1. The fraction of sp³-hybridized carbons (Fsp3) is 0.625. The maximum atomic E-state index is 11.1. The first-order valence-corrected chi connectivity index (χ1v) is 7.93. The predicted octanol–water partition coefficient (Wildman–Crippen LogP) is 3.79. The second-order valence-electron chi connectivity index (χ2n) is 6.03. The first-order chi connectivity index (χ1) is 9.01. The summed E-state index contributed by atoms with van der Waals surface area (Å²) in [6, 6.07) is 8.43. The van der Waals surface area contributed by atoms with E-state index in [-0.39, 0.29) is 5.92 Å². The molecule has 0 heterocycles. The lowest BCUT2D eigenvalue weighted by Gasteiger charge is -2.40. The highest BCUT2D eigenvalue weighted by molar-refractivity contribution is 9.10. The number of hydrogen-bond donors (Lipinski definition) is 1. The van der Waals surface area contributed by atoms with Crippen LogP contribution in [0.15, 0.2) is 28.7 Å². The number of benzene rings is 1. The molecule has 1 fully saturated rings. The van der Waals surface area contributed by atoms with Crippen LogP contribution in [0.25, 0.3) is 0 Å². The number of hydrogen-bond acceptors (Lipinski definition) is 2. The number of rotatable bonds is 4. The third-order valence-electron chi connectivity index (χ3n) is 4.19. The van der Waals surface area contributed by atoms with E-state index >= 15 is 0 Å². The monoisotopic (exact) mass is 325 g/mol. The predicted molar refractivity (Wildman–Crippen MR) is 83.5 cm³/mol. The molecule has 1 saturated carbocycles. The molecule has 0 radical (unpaired) electrons. The van der Waals surface area contributed by atoms with Crippen molar-refractivity contribution in [3.05, 3.63) is 34.3 Å². The zero-order chi connectivity index (χ0) is 13.9. The minimum absolute atomic E-state index is 0.205. The Bertz CT molecular complexity index is 396. The molecule has 0 aliphatic heterocycles. The molecule has 0 unspecified atom stereocenters. The molecular formula is C16H24BrNO. The average Bonchev–Trinajstić information content (AvgIpc) is 2.38. The van der Waals surface area contributed by atoms with Crippen LogP contribution in [0.5, 0.6) is 0 Å². The zero-order valence-electron chi connectivity index (χ0n) is 11.9. The van der Waals surface area contributed by atoms with Gasteiger partial charge >= 0.3 is 0 Å². The Hall–Kier alpha value is -0.380. The summed E-state index contributed by atoms with van der Waals surface area (Å²) < 4.78 is 1.09. The molecule has 1 aromatic rings. The van der Waals surface area contributed by atoms with E-state index in [1.807, 2.05) is 0 Å². The Morgan fingerprint density at radius 3 is 2.26 bits per heavy atom. The SMILES string of the molecule is CN(C)C[C@@H](c1ccc(Br)cc1)C1(O)CCCCC1. The van der Waals surface area contributed by atoms with Crippen LogP contribution in [0.4, 0.5) is 0 Å². The van der Waals surface area contributed by atoms with Crippen molar-refractivity contribution in [2.24, 2.45) is 0 Å². The first-order valence-electron chi connectivity index (χ1n) is 7.14. The average molecular weight is 326 g/mol. The van der Waals surface area contributed by atoms with Crippen LogP contribution < -0.4 is 0 Å². The van der Waals surface area contributed by atoms with Crippen molar-refractivity contribution in [3.63, 3.8) is 0 Å². The number of aliphatic hydroxyl groups is 1. The van der Waals surface area contributed by atoms with Crippen LogP contribution in [-0.4, -0.2) is 36.2 Å². The van der Waals surface area contributed by atoms with E-state index in [0.717, 1.165) is 36.7 Å². The fourth-order valence-electron chi connectivity index (χ4n) is 3.16. The lowest BCUT2D eigenvalue weighted by Crippen LogP contribution is -2.42.